The molecule has 3 N–H and O–H groups in total. The molecule has 22 heavy (non-hydrogen) atoms. The van der Waals surface area contributed by atoms with E-state index in [-0.39, 0.29) is 24.4 Å². The lowest BCUT2D eigenvalue weighted by molar-refractivity contribution is -0.119. The van der Waals surface area contributed by atoms with E-state index in [2.05, 4.69) is 29.8 Å². The molecule has 0 aliphatic carbocycles. The molecular formula is C17H27N3O2. The fourth-order valence-electron chi connectivity index (χ4n) is 2.10. The molecule has 0 unspecified atom stereocenters. The molecule has 5 heteroatoms. The minimum atomic E-state index is -0.236. The van der Waals surface area contributed by atoms with E-state index in [0.717, 1.165) is 18.4 Å². The molecule has 3 amide bonds. The van der Waals surface area contributed by atoms with E-state index in [1.807, 2.05) is 25.1 Å². The Balaban J connectivity index is 2.58. The molecule has 0 heterocycles. The van der Waals surface area contributed by atoms with Crippen molar-refractivity contribution >= 4 is 17.6 Å². The minimum Gasteiger partial charge on any atom is -0.359 e. The molecule has 1 rings (SSSR count). The lowest BCUT2D eigenvalue weighted by Crippen LogP contribution is -2.36. The van der Waals surface area contributed by atoms with E-state index in [4.69, 9.17) is 0 Å². The summed E-state index contributed by atoms with van der Waals surface area (Å²) in [5.41, 5.74) is 1.46. The van der Waals surface area contributed by atoms with Crippen molar-refractivity contribution in [2.45, 2.75) is 46.1 Å². The van der Waals surface area contributed by atoms with E-state index in [1.165, 1.54) is 0 Å². The Hall–Kier alpha value is -2.04. The molecule has 0 saturated carbocycles. The fraction of sp³-hybridized carbons (Fsp3) is 0.529. The third-order valence-corrected chi connectivity index (χ3v) is 3.45. The first-order chi connectivity index (χ1) is 10.4. The maximum Gasteiger partial charge on any atom is 0.319 e. The van der Waals surface area contributed by atoms with Gasteiger partial charge >= 0.3 is 6.03 Å². The van der Waals surface area contributed by atoms with Crippen molar-refractivity contribution in [2.75, 3.05) is 12.4 Å². The second-order valence-electron chi connectivity index (χ2n) is 5.98. The van der Waals surface area contributed by atoms with Crippen molar-refractivity contribution < 1.29 is 9.59 Å². The van der Waals surface area contributed by atoms with Crippen molar-refractivity contribution in [2.24, 2.45) is 5.92 Å². The largest absolute Gasteiger partial charge is 0.359 e. The van der Waals surface area contributed by atoms with Gasteiger partial charge < -0.3 is 16.0 Å². The monoisotopic (exact) mass is 305 g/mol. The third-order valence-electron chi connectivity index (χ3n) is 3.45. The number of amides is 3. The number of carbonyl (C=O) groups is 2. The van der Waals surface area contributed by atoms with E-state index < -0.39 is 0 Å². The Morgan fingerprint density at radius 1 is 1.09 bits per heavy atom. The molecule has 5 nitrogen and oxygen atoms in total. The summed E-state index contributed by atoms with van der Waals surface area (Å²) in [6, 6.07) is 7.22. The van der Waals surface area contributed by atoms with Gasteiger partial charge in [0.05, 0.1) is 6.42 Å². The molecular weight excluding hydrogens is 278 g/mol. The Labute approximate surface area is 132 Å². The van der Waals surface area contributed by atoms with Crippen LogP contribution in [0.2, 0.25) is 0 Å². The number of nitrogens with one attached hydrogen (secondary N) is 3. The molecule has 1 aromatic rings. The minimum absolute atomic E-state index is 0.0834. The molecule has 0 aliphatic heterocycles. The summed E-state index contributed by atoms with van der Waals surface area (Å²) in [6.45, 7) is 6.34. The zero-order valence-electron chi connectivity index (χ0n) is 13.9. The van der Waals surface area contributed by atoms with Crippen molar-refractivity contribution in [1.29, 1.82) is 0 Å². The van der Waals surface area contributed by atoms with Crippen molar-refractivity contribution in [3.05, 3.63) is 29.8 Å². The van der Waals surface area contributed by atoms with Crippen LogP contribution >= 0.6 is 0 Å². The number of benzene rings is 1. The van der Waals surface area contributed by atoms with E-state index >= 15 is 0 Å². The summed E-state index contributed by atoms with van der Waals surface area (Å²) in [5, 5.41) is 8.34. The second-order valence-corrected chi connectivity index (χ2v) is 5.98. The number of hydrogen-bond acceptors (Lipinski definition) is 2. The Morgan fingerprint density at radius 3 is 2.41 bits per heavy atom. The topological polar surface area (TPSA) is 70.2 Å². The molecule has 0 saturated heterocycles. The number of carbonyl (C=O) groups excluding carboxylic acids is 2. The highest BCUT2D eigenvalue weighted by molar-refractivity contribution is 5.91. The fourth-order valence-corrected chi connectivity index (χ4v) is 2.10. The van der Waals surface area contributed by atoms with Gasteiger partial charge in [-0.2, -0.15) is 0 Å². The average Bonchev–Trinajstić information content (AvgIpc) is 2.47. The summed E-state index contributed by atoms with van der Waals surface area (Å²) in [6.07, 6.45) is 2.27. The standard InChI is InChI=1S/C17H27N3O2/c1-12(2)9-10-13(3)19-17(22)20-15-8-6-5-7-14(15)11-16(21)18-4/h5-8,12-13H,9-11H2,1-4H3,(H,18,21)(H2,19,20,22)/t13-/m1/s1. The predicted octanol–water partition coefficient (Wildman–Crippen LogP) is 2.92. The van der Waals surface area contributed by atoms with Gasteiger partial charge in [-0.25, -0.2) is 4.79 Å². The Kier molecular flexibility index (Phi) is 7.43. The quantitative estimate of drug-likeness (QED) is 0.725. The number of hydrogen-bond donors (Lipinski definition) is 3. The van der Waals surface area contributed by atoms with E-state index in [1.54, 1.807) is 13.1 Å². The first-order valence-electron chi connectivity index (χ1n) is 7.78. The molecule has 0 fully saturated rings. The Bertz CT molecular complexity index is 500. The summed E-state index contributed by atoms with van der Waals surface area (Å²) < 4.78 is 0. The number of anilines is 1. The second kappa shape index (κ2) is 9.07. The summed E-state index contributed by atoms with van der Waals surface area (Å²) in [4.78, 5) is 23.6. The van der Waals surface area contributed by atoms with Crippen LogP contribution in [0.15, 0.2) is 24.3 Å². The molecule has 0 bridgehead atoms. The number of urea groups is 1. The van der Waals surface area contributed by atoms with Gasteiger partial charge in [0.15, 0.2) is 0 Å². The molecule has 0 radical (unpaired) electrons. The van der Waals surface area contributed by atoms with Crippen LogP contribution in [-0.2, 0) is 11.2 Å². The Morgan fingerprint density at radius 2 is 1.77 bits per heavy atom. The summed E-state index contributed by atoms with van der Waals surface area (Å²) in [7, 11) is 1.60. The maximum absolute atomic E-state index is 12.1. The average molecular weight is 305 g/mol. The van der Waals surface area contributed by atoms with Crippen LogP contribution in [0.5, 0.6) is 0 Å². The van der Waals surface area contributed by atoms with Crippen LogP contribution < -0.4 is 16.0 Å². The lowest BCUT2D eigenvalue weighted by Gasteiger charge is -2.17. The lowest BCUT2D eigenvalue weighted by atomic mass is 10.0. The van der Waals surface area contributed by atoms with Gasteiger partial charge in [0, 0.05) is 18.8 Å². The van der Waals surface area contributed by atoms with Crippen LogP contribution in [0.4, 0.5) is 10.5 Å². The van der Waals surface area contributed by atoms with Gasteiger partial charge in [0.2, 0.25) is 5.91 Å². The molecule has 0 aromatic heterocycles. The predicted molar refractivity (Wildman–Crippen MR) is 89.9 cm³/mol. The molecule has 0 spiro atoms. The van der Waals surface area contributed by atoms with Gasteiger partial charge in [-0.3, -0.25) is 4.79 Å². The van der Waals surface area contributed by atoms with Crippen molar-refractivity contribution in [3.8, 4) is 0 Å². The van der Waals surface area contributed by atoms with Crippen molar-refractivity contribution in [3.63, 3.8) is 0 Å². The van der Waals surface area contributed by atoms with Gasteiger partial charge in [0.25, 0.3) is 0 Å². The molecule has 0 aliphatic rings. The van der Waals surface area contributed by atoms with E-state index in [0.29, 0.717) is 11.6 Å². The zero-order chi connectivity index (χ0) is 16.5. The molecule has 1 aromatic carbocycles. The maximum atomic E-state index is 12.1. The van der Waals surface area contributed by atoms with Crippen molar-refractivity contribution in [1.82, 2.24) is 10.6 Å². The normalized spacial score (nSPS) is 11.9. The molecule has 122 valence electrons. The highest BCUT2D eigenvalue weighted by Crippen LogP contribution is 2.15. The first-order valence-corrected chi connectivity index (χ1v) is 7.78. The number of rotatable bonds is 7. The van der Waals surface area contributed by atoms with Crippen LogP contribution in [-0.4, -0.2) is 25.0 Å². The van der Waals surface area contributed by atoms with Gasteiger partial charge in [-0.05, 0) is 37.3 Å². The number of likely N-dealkylation sites (N-methyl/N-ethyl adjacent to an activating group) is 1. The van der Waals surface area contributed by atoms with E-state index in [9.17, 15) is 9.59 Å². The SMILES string of the molecule is CNC(=O)Cc1ccccc1NC(=O)N[C@H](C)CCC(C)C. The highest BCUT2D eigenvalue weighted by atomic mass is 16.2. The first kappa shape index (κ1) is 18.0. The third kappa shape index (κ3) is 6.61. The smallest absolute Gasteiger partial charge is 0.319 e. The van der Waals surface area contributed by atoms with Gasteiger partial charge in [-0.1, -0.05) is 32.0 Å². The van der Waals surface area contributed by atoms with Crippen LogP contribution in [0.1, 0.15) is 39.2 Å². The zero-order valence-corrected chi connectivity index (χ0v) is 13.9. The summed E-state index contributed by atoms with van der Waals surface area (Å²) >= 11 is 0. The van der Waals surface area contributed by atoms with Crippen LogP contribution in [0.25, 0.3) is 0 Å². The van der Waals surface area contributed by atoms with Gasteiger partial charge in [0.1, 0.15) is 0 Å². The highest BCUT2D eigenvalue weighted by Gasteiger charge is 2.11. The number of para-hydroxylation sites is 1. The van der Waals surface area contributed by atoms with Gasteiger partial charge in [-0.15, -0.1) is 0 Å². The van der Waals surface area contributed by atoms with Crippen LogP contribution in [0, 0.1) is 5.92 Å². The van der Waals surface area contributed by atoms with Crippen LogP contribution in [0.3, 0.4) is 0 Å². The summed E-state index contributed by atoms with van der Waals surface area (Å²) in [5.74, 6) is 0.542. The molecule has 1 atom stereocenters.